The number of hydrogen-bond donors (Lipinski definition) is 1. The van der Waals surface area contributed by atoms with E-state index in [4.69, 9.17) is 23.8 Å². The molecule has 3 rings (SSSR count). The number of para-hydroxylation sites is 1. The summed E-state index contributed by atoms with van der Waals surface area (Å²) >= 11 is 12.6. The van der Waals surface area contributed by atoms with Gasteiger partial charge in [-0.15, -0.1) is 0 Å². The van der Waals surface area contributed by atoms with Crippen LogP contribution in [0, 0.1) is 0 Å². The van der Waals surface area contributed by atoms with Gasteiger partial charge >= 0.3 is 0 Å². The third-order valence-corrected chi connectivity index (χ3v) is 5.41. The van der Waals surface area contributed by atoms with E-state index in [1.54, 1.807) is 12.1 Å². The molecule has 1 aliphatic heterocycles. The van der Waals surface area contributed by atoms with E-state index in [2.05, 4.69) is 5.32 Å². The van der Waals surface area contributed by atoms with Crippen molar-refractivity contribution >= 4 is 63.5 Å². The van der Waals surface area contributed by atoms with E-state index in [-0.39, 0.29) is 24.8 Å². The molecule has 2 aromatic carbocycles. The van der Waals surface area contributed by atoms with Crippen molar-refractivity contribution in [2.75, 3.05) is 11.9 Å². The topological polar surface area (TPSA) is 49.4 Å². The Morgan fingerprint density at radius 2 is 1.85 bits per heavy atom. The molecule has 1 N–H and O–H groups in total. The van der Waals surface area contributed by atoms with Crippen molar-refractivity contribution in [1.29, 1.82) is 0 Å². The van der Waals surface area contributed by atoms with Crippen molar-refractivity contribution in [2.24, 2.45) is 0 Å². The Labute approximate surface area is 166 Å². The summed E-state index contributed by atoms with van der Waals surface area (Å²) in [5.74, 6) is -0.368. The minimum Gasteiger partial charge on any atom is -0.326 e. The second-order valence-electron chi connectivity index (χ2n) is 5.52. The molecule has 0 radical (unpaired) electrons. The number of halogens is 1. The van der Waals surface area contributed by atoms with Crippen molar-refractivity contribution in [3.63, 3.8) is 0 Å². The molecule has 26 heavy (non-hydrogen) atoms. The second kappa shape index (κ2) is 8.49. The normalized spacial score (nSPS) is 15.6. The Hall–Kier alpha value is -2.15. The van der Waals surface area contributed by atoms with Gasteiger partial charge in [-0.05, 0) is 29.8 Å². The van der Waals surface area contributed by atoms with Crippen LogP contribution in [-0.4, -0.2) is 27.6 Å². The second-order valence-corrected chi connectivity index (χ2v) is 7.60. The standard InChI is InChI=1S/C19H15ClN2O2S2/c20-15-9-5-4-6-13(15)12-16-18(24)22(19(25)26-16)11-10-17(23)21-14-7-2-1-3-8-14/h1-9,12H,10-11H2,(H,21,23)/b16-12-. The number of amides is 2. The van der Waals surface area contributed by atoms with Crippen LogP contribution >= 0.6 is 35.6 Å². The first-order chi connectivity index (χ1) is 12.5. The molecule has 7 heteroatoms. The number of benzene rings is 2. The predicted molar refractivity (Wildman–Crippen MR) is 111 cm³/mol. The van der Waals surface area contributed by atoms with E-state index in [1.165, 1.54) is 16.7 Å². The molecule has 1 fully saturated rings. The summed E-state index contributed by atoms with van der Waals surface area (Å²) in [6.45, 7) is 0.239. The minimum absolute atomic E-state index is 0.166. The number of anilines is 1. The van der Waals surface area contributed by atoms with Gasteiger partial charge in [-0.3, -0.25) is 14.5 Å². The molecule has 132 valence electrons. The number of thioether (sulfide) groups is 1. The molecule has 2 amide bonds. The lowest BCUT2D eigenvalue weighted by Gasteiger charge is -2.14. The Bertz CT molecular complexity index is 884. The van der Waals surface area contributed by atoms with E-state index in [0.717, 1.165) is 11.3 Å². The van der Waals surface area contributed by atoms with Crippen LogP contribution in [0.5, 0.6) is 0 Å². The van der Waals surface area contributed by atoms with Gasteiger partial charge in [-0.1, -0.05) is 72.0 Å². The summed E-state index contributed by atoms with van der Waals surface area (Å²) in [4.78, 5) is 26.6. The van der Waals surface area contributed by atoms with Gasteiger partial charge in [-0.25, -0.2) is 0 Å². The zero-order valence-corrected chi connectivity index (χ0v) is 16.0. The molecule has 1 saturated heterocycles. The maximum atomic E-state index is 12.6. The summed E-state index contributed by atoms with van der Waals surface area (Å²) < 4.78 is 0.445. The van der Waals surface area contributed by atoms with Gasteiger partial charge in [0.05, 0.1) is 4.91 Å². The molecule has 0 spiro atoms. The molecule has 1 heterocycles. The first-order valence-corrected chi connectivity index (χ1v) is 9.49. The lowest BCUT2D eigenvalue weighted by Crippen LogP contribution is -2.31. The van der Waals surface area contributed by atoms with E-state index in [0.29, 0.717) is 14.2 Å². The smallest absolute Gasteiger partial charge is 0.266 e. The third kappa shape index (κ3) is 4.52. The molecule has 0 unspecified atom stereocenters. The minimum atomic E-state index is -0.201. The van der Waals surface area contributed by atoms with Gasteiger partial charge in [0.15, 0.2) is 0 Å². The summed E-state index contributed by atoms with van der Waals surface area (Å²) in [5, 5.41) is 3.36. The molecule has 0 aliphatic carbocycles. The van der Waals surface area contributed by atoms with E-state index >= 15 is 0 Å². The number of carbonyl (C=O) groups excluding carboxylic acids is 2. The average Bonchev–Trinajstić information content (AvgIpc) is 2.89. The van der Waals surface area contributed by atoms with Crippen LogP contribution in [-0.2, 0) is 9.59 Å². The summed E-state index contributed by atoms with van der Waals surface area (Å²) in [7, 11) is 0. The summed E-state index contributed by atoms with van der Waals surface area (Å²) in [6, 6.07) is 16.5. The molecule has 0 bridgehead atoms. The monoisotopic (exact) mass is 402 g/mol. The average molecular weight is 403 g/mol. The fourth-order valence-corrected chi connectivity index (χ4v) is 3.87. The van der Waals surface area contributed by atoms with Crippen LogP contribution in [0.2, 0.25) is 5.02 Å². The Morgan fingerprint density at radius 1 is 1.15 bits per heavy atom. The van der Waals surface area contributed by atoms with Gasteiger partial charge in [0, 0.05) is 23.7 Å². The molecule has 0 atom stereocenters. The Morgan fingerprint density at radius 3 is 2.58 bits per heavy atom. The highest BCUT2D eigenvalue weighted by Crippen LogP contribution is 2.33. The number of carbonyl (C=O) groups is 2. The van der Waals surface area contributed by atoms with Gasteiger partial charge in [-0.2, -0.15) is 0 Å². The quantitative estimate of drug-likeness (QED) is 0.588. The Kier molecular flexibility index (Phi) is 6.08. The highest BCUT2D eigenvalue weighted by molar-refractivity contribution is 8.26. The Balaban J connectivity index is 1.62. The van der Waals surface area contributed by atoms with Gasteiger partial charge in [0.25, 0.3) is 5.91 Å². The van der Waals surface area contributed by atoms with E-state index in [9.17, 15) is 9.59 Å². The number of nitrogens with zero attached hydrogens (tertiary/aromatic N) is 1. The third-order valence-electron chi connectivity index (χ3n) is 3.69. The number of thiocarbonyl (C=S) groups is 1. The first-order valence-electron chi connectivity index (χ1n) is 7.89. The molecular formula is C19H15ClN2O2S2. The summed E-state index contributed by atoms with van der Waals surface area (Å²) in [6.07, 6.45) is 1.90. The van der Waals surface area contributed by atoms with Crippen molar-refractivity contribution in [3.05, 3.63) is 70.1 Å². The fourth-order valence-electron chi connectivity index (χ4n) is 2.38. The van der Waals surface area contributed by atoms with Gasteiger partial charge < -0.3 is 5.32 Å². The van der Waals surface area contributed by atoms with Crippen molar-refractivity contribution in [1.82, 2.24) is 4.90 Å². The van der Waals surface area contributed by atoms with E-state index in [1.807, 2.05) is 48.5 Å². The maximum Gasteiger partial charge on any atom is 0.266 e. The van der Waals surface area contributed by atoms with Crippen LogP contribution in [0.3, 0.4) is 0 Å². The SMILES string of the molecule is O=C(CCN1C(=O)/C(=C/c2ccccc2Cl)SC1=S)Nc1ccccc1. The summed E-state index contributed by atoms with van der Waals surface area (Å²) in [5.41, 5.74) is 1.48. The zero-order valence-electron chi connectivity index (χ0n) is 13.6. The number of nitrogens with one attached hydrogen (secondary N) is 1. The molecule has 2 aromatic rings. The molecule has 1 aliphatic rings. The van der Waals surface area contributed by atoms with Crippen LogP contribution in [0.25, 0.3) is 6.08 Å². The van der Waals surface area contributed by atoms with Crippen LogP contribution < -0.4 is 5.32 Å². The van der Waals surface area contributed by atoms with Crippen LogP contribution in [0.15, 0.2) is 59.5 Å². The number of rotatable bonds is 5. The highest BCUT2D eigenvalue weighted by atomic mass is 35.5. The molecule has 0 aromatic heterocycles. The lowest BCUT2D eigenvalue weighted by molar-refractivity contribution is -0.122. The first kappa shape index (κ1) is 18.6. The maximum absolute atomic E-state index is 12.6. The van der Waals surface area contributed by atoms with Crippen LogP contribution in [0.4, 0.5) is 5.69 Å². The lowest BCUT2D eigenvalue weighted by atomic mass is 10.2. The zero-order chi connectivity index (χ0) is 18.5. The largest absolute Gasteiger partial charge is 0.326 e. The molecule has 0 saturated carbocycles. The molecular weight excluding hydrogens is 388 g/mol. The van der Waals surface area contributed by atoms with Crippen molar-refractivity contribution in [2.45, 2.75) is 6.42 Å². The van der Waals surface area contributed by atoms with E-state index < -0.39 is 0 Å². The fraction of sp³-hybridized carbons (Fsp3) is 0.105. The predicted octanol–water partition coefficient (Wildman–Crippen LogP) is 4.57. The van der Waals surface area contributed by atoms with Gasteiger partial charge in [0.1, 0.15) is 4.32 Å². The van der Waals surface area contributed by atoms with Crippen molar-refractivity contribution in [3.8, 4) is 0 Å². The van der Waals surface area contributed by atoms with Gasteiger partial charge in [0.2, 0.25) is 5.91 Å². The number of hydrogen-bond acceptors (Lipinski definition) is 4. The molecule has 4 nitrogen and oxygen atoms in total. The van der Waals surface area contributed by atoms with Crippen LogP contribution in [0.1, 0.15) is 12.0 Å². The van der Waals surface area contributed by atoms with Crippen molar-refractivity contribution < 1.29 is 9.59 Å². The highest BCUT2D eigenvalue weighted by Gasteiger charge is 2.32.